The van der Waals surface area contributed by atoms with Gasteiger partial charge in [0.1, 0.15) is 0 Å². The van der Waals surface area contributed by atoms with Crippen molar-refractivity contribution in [1.29, 1.82) is 0 Å². The SMILES string of the molecule is O=C(Nc1ccc2c(c1)CCCC2)C12CC3CC(CC(C3)C1)C2. The summed E-state index contributed by atoms with van der Waals surface area (Å²) in [5, 5.41) is 3.31. The Balaban J connectivity index is 1.37. The molecule has 0 radical (unpaired) electrons. The third kappa shape index (κ3) is 2.33. The first kappa shape index (κ1) is 14.1. The van der Waals surface area contributed by atoms with Gasteiger partial charge in [0.05, 0.1) is 5.41 Å². The summed E-state index contributed by atoms with van der Waals surface area (Å²) in [6, 6.07) is 6.61. The first-order valence-corrected chi connectivity index (χ1v) is 9.63. The molecule has 0 atom stereocenters. The minimum Gasteiger partial charge on any atom is -0.326 e. The van der Waals surface area contributed by atoms with Crippen LogP contribution in [0.3, 0.4) is 0 Å². The Morgan fingerprint density at radius 2 is 1.52 bits per heavy atom. The van der Waals surface area contributed by atoms with Crippen molar-refractivity contribution in [2.45, 2.75) is 64.2 Å². The second-order valence-corrected chi connectivity index (χ2v) is 8.84. The van der Waals surface area contributed by atoms with Gasteiger partial charge in [0.25, 0.3) is 0 Å². The van der Waals surface area contributed by atoms with Crippen LogP contribution in [0.1, 0.15) is 62.5 Å². The molecule has 2 heteroatoms. The molecule has 0 saturated heterocycles. The van der Waals surface area contributed by atoms with E-state index >= 15 is 0 Å². The predicted molar refractivity (Wildman–Crippen MR) is 92.3 cm³/mol. The Bertz CT molecular complexity index is 612. The van der Waals surface area contributed by atoms with Crippen LogP contribution in [0.2, 0.25) is 0 Å². The molecule has 4 fully saturated rings. The standard InChI is InChI=1S/C21H27NO/c23-20(21-11-14-7-15(12-21)9-16(8-14)13-21)22-19-6-5-17-3-1-2-4-18(17)10-19/h5-6,10,14-16H,1-4,7-9,11-13H2,(H,22,23). The number of anilines is 1. The number of aryl methyl sites for hydroxylation is 2. The molecule has 0 aliphatic heterocycles. The molecule has 5 aliphatic carbocycles. The van der Waals surface area contributed by atoms with Crippen molar-refractivity contribution in [3.8, 4) is 0 Å². The molecule has 0 spiro atoms. The summed E-state index contributed by atoms with van der Waals surface area (Å²) in [6.45, 7) is 0. The van der Waals surface area contributed by atoms with E-state index in [2.05, 4.69) is 23.5 Å². The van der Waals surface area contributed by atoms with Crippen molar-refractivity contribution in [2.24, 2.45) is 23.2 Å². The summed E-state index contributed by atoms with van der Waals surface area (Å²) in [4.78, 5) is 13.1. The molecule has 6 rings (SSSR count). The van der Waals surface area contributed by atoms with Gasteiger partial charge >= 0.3 is 0 Å². The van der Waals surface area contributed by atoms with Crippen molar-refractivity contribution in [1.82, 2.24) is 0 Å². The number of carbonyl (C=O) groups excluding carboxylic acids is 1. The van der Waals surface area contributed by atoms with Gasteiger partial charge in [-0.05, 0) is 105 Å². The fraction of sp³-hybridized carbons (Fsp3) is 0.667. The van der Waals surface area contributed by atoms with E-state index in [9.17, 15) is 4.79 Å². The van der Waals surface area contributed by atoms with E-state index in [1.807, 2.05) is 0 Å². The summed E-state index contributed by atoms with van der Waals surface area (Å²) in [5.74, 6) is 2.81. The van der Waals surface area contributed by atoms with E-state index in [1.165, 1.54) is 56.1 Å². The van der Waals surface area contributed by atoms with Crippen molar-refractivity contribution < 1.29 is 4.79 Å². The van der Waals surface area contributed by atoms with Gasteiger partial charge in [-0.3, -0.25) is 4.79 Å². The van der Waals surface area contributed by atoms with E-state index in [0.29, 0.717) is 5.91 Å². The summed E-state index contributed by atoms with van der Waals surface area (Å²) in [6.07, 6.45) is 12.6. The van der Waals surface area contributed by atoms with Crippen LogP contribution in [0, 0.1) is 23.2 Å². The lowest BCUT2D eigenvalue weighted by Gasteiger charge is -2.55. The Kier molecular flexibility index (Phi) is 3.11. The molecule has 1 aromatic rings. The highest BCUT2D eigenvalue weighted by Crippen LogP contribution is 2.60. The van der Waals surface area contributed by atoms with E-state index in [0.717, 1.165) is 42.7 Å². The smallest absolute Gasteiger partial charge is 0.230 e. The van der Waals surface area contributed by atoms with Crippen LogP contribution in [-0.4, -0.2) is 5.91 Å². The molecule has 122 valence electrons. The Hall–Kier alpha value is -1.31. The van der Waals surface area contributed by atoms with Crippen molar-refractivity contribution in [2.75, 3.05) is 5.32 Å². The van der Waals surface area contributed by atoms with Gasteiger partial charge in [-0.25, -0.2) is 0 Å². The van der Waals surface area contributed by atoms with E-state index < -0.39 is 0 Å². The van der Waals surface area contributed by atoms with Gasteiger partial charge in [-0.2, -0.15) is 0 Å². The molecule has 2 nitrogen and oxygen atoms in total. The maximum Gasteiger partial charge on any atom is 0.230 e. The zero-order chi connectivity index (χ0) is 15.4. The molecule has 1 aromatic carbocycles. The van der Waals surface area contributed by atoms with Gasteiger partial charge < -0.3 is 5.32 Å². The van der Waals surface area contributed by atoms with Crippen molar-refractivity contribution >= 4 is 11.6 Å². The highest BCUT2D eigenvalue weighted by Gasteiger charge is 2.54. The van der Waals surface area contributed by atoms with Crippen LogP contribution in [0.4, 0.5) is 5.69 Å². The quantitative estimate of drug-likeness (QED) is 0.841. The maximum atomic E-state index is 13.1. The number of carbonyl (C=O) groups is 1. The first-order valence-electron chi connectivity index (χ1n) is 9.63. The second-order valence-electron chi connectivity index (χ2n) is 8.84. The first-order chi connectivity index (χ1) is 11.2. The fourth-order valence-corrected chi connectivity index (χ4v) is 6.46. The molecule has 0 unspecified atom stereocenters. The highest BCUT2D eigenvalue weighted by atomic mass is 16.2. The van der Waals surface area contributed by atoms with E-state index in [-0.39, 0.29) is 5.41 Å². The van der Waals surface area contributed by atoms with Gasteiger partial charge in [-0.15, -0.1) is 0 Å². The molecule has 0 heterocycles. The molecular weight excluding hydrogens is 282 g/mol. The van der Waals surface area contributed by atoms with E-state index in [4.69, 9.17) is 0 Å². The summed E-state index contributed by atoms with van der Waals surface area (Å²) >= 11 is 0. The summed E-state index contributed by atoms with van der Waals surface area (Å²) < 4.78 is 0. The van der Waals surface area contributed by atoms with Gasteiger partial charge in [-0.1, -0.05) is 6.07 Å². The number of rotatable bonds is 2. The number of amides is 1. The Morgan fingerprint density at radius 1 is 0.913 bits per heavy atom. The third-order valence-corrected chi connectivity index (χ3v) is 7.13. The molecule has 1 N–H and O–H groups in total. The lowest BCUT2D eigenvalue weighted by molar-refractivity contribution is -0.140. The second kappa shape index (κ2) is 5.09. The number of hydrogen-bond acceptors (Lipinski definition) is 1. The Morgan fingerprint density at radius 3 is 2.17 bits per heavy atom. The van der Waals surface area contributed by atoms with E-state index in [1.54, 1.807) is 0 Å². The minimum atomic E-state index is -0.0371. The molecule has 5 aliphatic rings. The lowest BCUT2D eigenvalue weighted by atomic mass is 9.49. The molecular formula is C21H27NO. The van der Waals surface area contributed by atoms with Crippen LogP contribution in [0.5, 0.6) is 0 Å². The molecule has 4 saturated carbocycles. The van der Waals surface area contributed by atoms with Gasteiger partial charge in [0, 0.05) is 5.69 Å². The number of nitrogens with one attached hydrogen (secondary N) is 1. The van der Waals surface area contributed by atoms with Gasteiger partial charge in [0.15, 0.2) is 0 Å². The maximum absolute atomic E-state index is 13.1. The lowest BCUT2D eigenvalue weighted by Crippen LogP contribution is -2.51. The molecule has 23 heavy (non-hydrogen) atoms. The fourth-order valence-electron chi connectivity index (χ4n) is 6.46. The largest absolute Gasteiger partial charge is 0.326 e. The zero-order valence-electron chi connectivity index (χ0n) is 13.9. The average Bonchev–Trinajstić information content (AvgIpc) is 2.53. The topological polar surface area (TPSA) is 29.1 Å². The zero-order valence-corrected chi connectivity index (χ0v) is 13.9. The Labute approximate surface area is 139 Å². The summed E-state index contributed by atoms with van der Waals surface area (Å²) in [5.41, 5.74) is 3.94. The van der Waals surface area contributed by atoms with Crippen LogP contribution in [0.25, 0.3) is 0 Å². The molecule has 0 aromatic heterocycles. The van der Waals surface area contributed by atoms with Gasteiger partial charge in [0.2, 0.25) is 5.91 Å². The van der Waals surface area contributed by atoms with Crippen molar-refractivity contribution in [3.05, 3.63) is 29.3 Å². The van der Waals surface area contributed by atoms with Crippen molar-refractivity contribution in [3.63, 3.8) is 0 Å². The highest BCUT2D eigenvalue weighted by molar-refractivity contribution is 5.95. The van der Waals surface area contributed by atoms with Crippen LogP contribution < -0.4 is 5.32 Å². The third-order valence-electron chi connectivity index (χ3n) is 7.13. The normalized spacial score (nSPS) is 37.5. The predicted octanol–water partition coefficient (Wildman–Crippen LogP) is 4.72. The molecule has 1 amide bonds. The van der Waals surface area contributed by atoms with Crippen LogP contribution in [0.15, 0.2) is 18.2 Å². The molecule has 4 bridgehead atoms. The number of fused-ring (bicyclic) bond motifs is 1. The van der Waals surface area contributed by atoms with Crippen LogP contribution >= 0.6 is 0 Å². The average molecular weight is 309 g/mol. The number of benzene rings is 1. The summed E-state index contributed by atoms with van der Waals surface area (Å²) in [7, 11) is 0. The monoisotopic (exact) mass is 309 g/mol. The minimum absolute atomic E-state index is 0.0371. The van der Waals surface area contributed by atoms with Crippen LogP contribution in [-0.2, 0) is 17.6 Å². The number of hydrogen-bond donors (Lipinski definition) is 1.